The molecule has 2 aliphatic heterocycles. The number of pyridine rings is 2. The molecule has 8 rings (SSSR count). The van der Waals surface area contributed by atoms with Crippen molar-refractivity contribution in [2.45, 2.75) is 22.6 Å². The summed E-state index contributed by atoms with van der Waals surface area (Å²) in [6, 6.07) is 20.3. The van der Waals surface area contributed by atoms with E-state index < -0.39 is 19.1 Å². The van der Waals surface area contributed by atoms with Crippen LogP contribution in [-0.4, -0.2) is 39.9 Å². The number of fused-ring (bicyclic) bond motifs is 4. The molecule has 4 aromatic carbocycles. The fraction of sp³-hybridized carbons (Fsp3) is 0.111. The van der Waals surface area contributed by atoms with Gasteiger partial charge in [0.15, 0.2) is 11.4 Å². The van der Waals surface area contributed by atoms with Crippen LogP contribution in [0.4, 0.5) is 22.7 Å². The molecular formula is C36H25Cl3N6O4S2. The minimum absolute atomic E-state index is 0.00840. The van der Waals surface area contributed by atoms with Crippen LogP contribution < -0.4 is 9.62 Å². The first-order valence-electron chi connectivity index (χ1n) is 15.2. The van der Waals surface area contributed by atoms with Gasteiger partial charge in [-0.2, -0.15) is 0 Å². The molecule has 15 heteroatoms. The van der Waals surface area contributed by atoms with Crippen LogP contribution in [0.2, 0.25) is 10.0 Å². The molecule has 51 heavy (non-hydrogen) atoms. The van der Waals surface area contributed by atoms with E-state index in [1.165, 1.54) is 34.4 Å². The first kappa shape index (κ1) is 35.9. The molecule has 1 N–H and O–H groups in total. The highest BCUT2D eigenvalue weighted by Crippen LogP contribution is 2.38. The van der Waals surface area contributed by atoms with Crippen molar-refractivity contribution in [3.8, 4) is 0 Å². The van der Waals surface area contributed by atoms with Gasteiger partial charge in [-0.25, -0.2) is 26.5 Å². The summed E-state index contributed by atoms with van der Waals surface area (Å²) in [5, 5.41) is 6.30. The zero-order chi connectivity index (χ0) is 36.3. The van der Waals surface area contributed by atoms with Crippen LogP contribution in [0.15, 0.2) is 107 Å². The molecule has 0 spiro atoms. The minimum atomic E-state index is -3.81. The van der Waals surface area contributed by atoms with Crippen LogP contribution >= 0.6 is 33.9 Å². The third-order valence-electron chi connectivity index (χ3n) is 8.17. The van der Waals surface area contributed by atoms with Crippen LogP contribution in [0, 0.1) is 13.1 Å². The van der Waals surface area contributed by atoms with Crippen molar-refractivity contribution < 1.29 is 16.8 Å². The van der Waals surface area contributed by atoms with Crippen molar-refractivity contribution in [3.63, 3.8) is 0 Å². The average molecular weight is 776 g/mol. The molecule has 2 aromatic heterocycles. The fourth-order valence-corrected chi connectivity index (χ4v) is 9.24. The summed E-state index contributed by atoms with van der Waals surface area (Å²) >= 11 is 11.9. The van der Waals surface area contributed by atoms with Crippen molar-refractivity contribution in [2.24, 2.45) is 0 Å². The van der Waals surface area contributed by atoms with Gasteiger partial charge >= 0.3 is 0 Å². The van der Waals surface area contributed by atoms with E-state index in [1.807, 2.05) is 24.3 Å². The first-order chi connectivity index (χ1) is 24.4. The Morgan fingerprint density at radius 3 is 1.88 bits per heavy atom. The third-order valence-corrected chi connectivity index (χ3v) is 11.8. The maximum absolute atomic E-state index is 13.3. The highest BCUT2D eigenvalue weighted by molar-refractivity contribution is 8.14. The van der Waals surface area contributed by atoms with E-state index in [4.69, 9.17) is 47.0 Å². The molecule has 0 saturated heterocycles. The number of hydrogen-bond donors (Lipinski definition) is 1. The van der Waals surface area contributed by atoms with E-state index in [1.54, 1.807) is 48.8 Å². The van der Waals surface area contributed by atoms with E-state index in [9.17, 15) is 16.8 Å². The van der Waals surface area contributed by atoms with E-state index >= 15 is 0 Å². The van der Waals surface area contributed by atoms with Crippen LogP contribution in [0.25, 0.3) is 31.2 Å². The molecule has 0 radical (unpaired) electrons. The summed E-state index contributed by atoms with van der Waals surface area (Å²) in [5.74, 6) is 0. The number of aromatic nitrogens is 2. The van der Waals surface area contributed by atoms with Gasteiger partial charge in [-0.1, -0.05) is 47.5 Å². The molecule has 10 nitrogen and oxygen atoms in total. The van der Waals surface area contributed by atoms with Gasteiger partial charge in [0.25, 0.3) is 19.1 Å². The van der Waals surface area contributed by atoms with Gasteiger partial charge in [0, 0.05) is 91.5 Å². The van der Waals surface area contributed by atoms with Gasteiger partial charge in [0.2, 0.25) is 0 Å². The Kier molecular flexibility index (Phi) is 10.4. The topological polar surface area (TPSA) is 118 Å². The standard InChI is InChI=1S/C18H12ClN3O2S.C9H5Cl2NO2S.C9H8N2/c1-20-15-3-2-12-5-7-22(17(12)10-15)25(23,24)18-9-14(19)8-13-11-21-6-4-16(13)18;10-7-3-6-5-12-2-1-8(6)9(4-7)15(11,13)14;1-10-8-3-2-7-4-5-11-9(7)6-8/h2-4,6,8-11H,5,7H2;1-5H;2-3,6,11H,4-5H2. The minimum Gasteiger partial charge on any atom is -0.386 e. The summed E-state index contributed by atoms with van der Waals surface area (Å²) < 4.78 is 50.6. The summed E-state index contributed by atoms with van der Waals surface area (Å²) in [6.45, 7) is 15.3. The Morgan fingerprint density at radius 2 is 1.27 bits per heavy atom. The maximum Gasteiger partial charge on any atom is 0.264 e. The highest BCUT2D eigenvalue weighted by Gasteiger charge is 2.32. The molecule has 0 amide bonds. The van der Waals surface area contributed by atoms with Gasteiger partial charge in [-0.05, 0) is 72.5 Å². The number of benzene rings is 4. The fourth-order valence-electron chi connectivity index (χ4n) is 5.82. The van der Waals surface area contributed by atoms with Gasteiger partial charge in [0.05, 0.1) is 22.9 Å². The monoisotopic (exact) mass is 774 g/mol. The largest absolute Gasteiger partial charge is 0.386 e. The molecule has 6 aromatic rings. The first-order valence-corrected chi connectivity index (χ1v) is 19.7. The zero-order valence-corrected chi connectivity index (χ0v) is 30.3. The van der Waals surface area contributed by atoms with Gasteiger partial charge in [-0.15, -0.1) is 0 Å². The van der Waals surface area contributed by atoms with Crippen molar-refractivity contribution in [3.05, 3.63) is 142 Å². The molecule has 0 bridgehead atoms. The average Bonchev–Trinajstić information content (AvgIpc) is 3.78. The molecular weight excluding hydrogens is 751 g/mol. The number of nitrogens with one attached hydrogen (secondary N) is 1. The van der Waals surface area contributed by atoms with E-state index in [0.29, 0.717) is 55.9 Å². The van der Waals surface area contributed by atoms with Crippen molar-refractivity contribution in [2.75, 3.05) is 22.7 Å². The Morgan fingerprint density at radius 1 is 0.706 bits per heavy atom. The summed E-state index contributed by atoms with van der Waals surface area (Å²) in [4.78, 5) is 14.8. The maximum atomic E-state index is 13.3. The number of nitrogens with zero attached hydrogens (tertiary/aromatic N) is 5. The number of halogens is 3. The zero-order valence-electron chi connectivity index (χ0n) is 26.4. The van der Waals surface area contributed by atoms with Crippen LogP contribution in [0.3, 0.4) is 0 Å². The highest BCUT2D eigenvalue weighted by atomic mass is 35.7. The van der Waals surface area contributed by atoms with Crippen molar-refractivity contribution >= 4 is 97.3 Å². The smallest absolute Gasteiger partial charge is 0.264 e. The molecule has 256 valence electrons. The van der Waals surface area contributed by atoms with Gasteiger partial charge in [0.1, 0.15) is 0 Å². The number of sulfonamides is 1. The normalized spacial score (nSPS) is 13.1. The van der Waals surface area contributed by atoms with Crippen LogP contribution in [0.5, 0.6) is 0 Å². The Balaban J connectivity index is 0.000000146. The molecule has 2 aliphatic rings. The summed E-state index contributed by atoms with van der Waals surface area (Å²) in [7, 11) is -2.30. The SMILES string of the molecule is O=S(=O)(Cl)c1cc(Cl)cc2cnccc12.[C-]#[N+]c1ccc2c(c1)N(S(=O)(=O)c1cc(Cl)cc3cnccc13)CC2.[C-]#[N+]c1ccc2c(c1)NCC2. The lowest BCUT2D eigenvalue weighted by Crippen LogP contribution is -2.29. The van der Waals surface area contributed by atoms with E-state index in [0.717, 1.165) is 29.9 Å². The van der Waals surface area contributed by atoms with Crippen molar-refractivity contribution in [1.29, 1.82) is 0 Å². The Hall–Kier alpha value is -4.95. The summed E-state index contributed by atoms with van der Waals surface area (Å²) in [5.41, 5.74) is 5.09. The van der Waals surface area contributed by atoms with Gasteiger partial charge < -0.3 is 5.32 Å². The van der Waals surface area contributed by atoms with E-state index in [2.05, 4.69) is 25.0 Å². The van der Waals surface area contributed by atoms with Crippen LogP contribution in [0.1, 0.15) is 11.1 Å². The number of anilines is 2. The van der Waals surface area contributed by atoms with Crippen molar-refractivity contribution in [1.82, 2.24) is 9.97 Å². The van der Waals surface area contributed by atoms with Gasteiger partial charge in [-0.3, -0.25) is 14.3 Å². The second kappa shape index (κ2) is 14.7. The molecule has 4 heterocycles. The molecule has 0 aliphatic carbocycles. The molecule has 0 fully saturated rings. The predicted molar refractivity (Wildman–Crippen MR) is 202 cm³/mol. The Labute approximate surface area is 309 Å². The second-order valence-corrected chi connectivity index (χ2v) is 16.6. The molecule has 0 atom stereocenters. The lowest BCUT2D eigenvalue weighted by atomic mass is 10.1. The Bertz CT molecular complexity index is 2640. The molecule has 0 unspecified atom stereocenters. The van der Waals surface area contributed by atoms with Crippen LogP contribution in [-0.2, 0) is 31.9 Å². The lowest BCUT2D eigenvalue weighted by Gasteiger charge is -2.21. The molecule has 0 saturated carbocycles. The number of hydrogen-bond acceptors (Lipinski definition) is 7. The predicted octanol–water partition coefficient (Wildman–Crippen LogP) is 9.21. The third kappa shape index (κ3) is 7.71. The van der Waals surface area contributed by atoms with E-state index in [-0.39, 0.29) is 9.79 Å². The number of rotatable bonds is 3. The lowest BCUT2D eigenvalue weighted by molar-refractivity contribution is 0.593. The summed E-state index contributed by atoms with van der Waals surface area (Å²) in [6.07, 6.45) is 7.90. The second-order valence-electron chi connectivity index (χ2n) is 11.3. The quantitative estimate of drug-likeness (QED) is 0.141.